The van der Waals surface area contributed by atoms with E-state index in [0.29, 0.717) is 0 Å². The first-order chi connectivity index (χ1) is 15.2. The summed E-state index contributed by atoms with van der Waals surface area (Å²) in [5.74, 6) is 0. The monoisotopic (exact) mass is 418 g/mol. The highest BCUT2D eigenvalue weighted by molar-refractivity contribution is 5.84. The van der Waals surface area contributed by atoms with Gasteiger partial charge in [0.05, 0.1) is 0 Å². The number of nitrogens with one attached hydrogen (secondary N) is 1. The molecule has 0 bridgehead atoms. The number of nitrogens with two attached hydrogens (primary N) is 1. The minimum atomic E-state index is 0.814. The Labute approximate surface area is 190 Å². The van der Waals surface area contributed by atoms with E-state index in [0.717, 1.165) is 24.2 Å². The average molecular weight is 419 g/mol. The van der Waals surface area contributed by atoms with E-state index in [4.69, 9.17) is 5.73 Å². The molecule has 0 heterocycles. The molecule has 2 heteroatoms. The Morgan fingerprint density at radius 1 is 0.710 bits per heavy atom. The molecule has 2 aromatic rings. The van der Waals surface area contributed by atoms with Crippen molar-refractivity contribution in [1.82, 2.24) is 0 Å². The number of unbranched alkanes of at least 4 members (excludes halogenated alkanes) is 8. The van der Waals surface area contributed by atoms with Gasteiger partial charge in [0.25, 0.3) is 0 Å². The van der Waals surface area contributed by atoms with Crippen LogP contribution in [0, 0.1) is 0 Å². The maximum atomic E-state index is 6.14. The van der Waals surface area contributed by atoms with Crippen molar-refractivity contribution in [2.75, 3.05) is 18.1 Å². The molecule has 0 saturated carbocycles. The Kier molecular flexibility index (Phi) is 11.6. The molecule has 0 aliphatic carbocycles. The lowest BCUT2D eigenvalue weighted by atomic mass is 9.93. The summed E-state index contributed by atoms with van der Waals surface area (Å²) < 4.78 is 0. The van der Waals surface area contributed by atoms with Crippen LogP contribution in [0.4, 0.5) is 11.4 Å². The van der Waals surface area contributed by atoms with Gasteiger partial charge < -0.3 is 11.1 Å². The molecule has 0 atom stereocenters. The molecule has 2 rings (SSSR count). The van der Waals surface area contributed by atoms with Crippen molar-refractivity contribution in [3.05, 3.63) is 59.7 Å². The standard InChI is InChI=1S/C29H42N2/c1-4-6-8-10-12-14-16-24-22-26(30)18-20-28(24)29-21-19-27(31-3)23-25(29)17-15-13-11-9-7-5-2/h14-23,31H,4-13,30H2,1-3H3/b16-14+,17-15+. The Hall–Kier alpha value is -2.48. The van der Waals surface area contributed by atoms with Crippen LogP contribution in [0.15, 0.2) is 48.6 Å². The van der Waals surface area contributed by atoms with Gasteiger partial charge in [-0.15, -0.1) is 0 Å². The van der Waals surface area contributed by atoms with Crippen LogP contribution in [-0.4, -0.2) is 7.05 Å². The van der Waals surface area contributed by atoms with E-state index in [1.165, 1.54) is 73.6 Å². The summed E-state index contributed by atoms with van der Waals surface area (Å²) in [6.07, 6.45) is 21.8. The molecule has 0 unspecified atom stereocenters. The third-order valence-electron chi connectivity index (χ3n) is 5.75. The minimum Gasteiger partial charge on any atom is -0.399 e. The highest BCUT2D eigenvalue weighted by Gasteiger charge is 2.08. The molecular formula is C29H42N2. The molecule has 0 saturated heterocycles. The van der Waals surface area contributed by atoms with Crippen LogP contribution in [-0.2, 0) is 0 Å². The average Bonchev–Trinajstić information content (AvgIpc) is 2.78. The highest BCUT2D eigenvalue weighted by Crippen LogP contribution is 2.32. The predicted octanol–water partition coefficient (Wildman–Crippen LogP) is 8.94. The summed E-state index contributed by atoms with van der Waals surface area (Å²) in [6.45, 7) is 4.51. The van der Waals surface area contributed by atoms with E-state index in [1.807, 2.05) is 13.1 Å². The number of nitrogen functional groups attached to an aromatic ring is 1. The van der Waals surface area contributed by atoms with Crippen molar-refractivity contribution >= 4 is 23.5 Å². The zero-order valence-electron chi connectivity index (χ0n) is 19.9. The molecule has 0 aromatic heterocycles. The van der Waals surface area contributed by atoms with Crippen molar-refractivity contribution in [2.45, 2.75) is 78.1 Å². The molecule has 3 N–H and O–H groups in total. The highest BCUT2D eigenvalue weighted by atomic mass is 14.8. The van der Waals surface area contributed by atoms with Gasteiger partial charge in [-0.1, -0.05) is 88.8 Å². The van der Waals surface area contributed by atoms with Gasteiger partial charge in [0.15, 0.2) is 0 Å². The van der Waals surface area contributed by atoms with Crippen molar-refractivity contribution in [1.29, 1.82) is 0 Å². The summed E-state index contributed by atoms with van der Waals surface area (Å²) in [5.41, 5.74) is 13.0. The van der Waals surface area contributed by atoms with Gasteiger partial charge in [-0.25, -0.2) is 0 Å². The van der Waals surface area contributed by atoms with E-state index in [1.54, 1.807) is 0 Å². The fraction of sp³-hybridized carbons (Fsp3) is 0.448. The summed E-state index contributed by atoms with van der Waals surface area (Å²) in [5, 5.41) is 3.28. The lowest BCUT2D eigenvalue weighted by Gasteiger charge is -2.13. The van der Waals surface area contributed by atoms with Crippen LogP contribution in [0.25, 0.3) is 23.3 Å². The summed E-state index contributed by atoms with van der Waals surface area (Å²) in [4.78, 5) is 0. The van der Waals surface area contributed by atoms with E-state index in [-0.39, 0.29) is 0 Å². The maximum absolute atomic E-state index is 6.14. The van der Waals surface area contributed by atoms with Crippen molar-refractivity contribution in [2.24, 2.45) is 0 Å². The first kappa shape index (κ1) is 24.8. The molecule has 0 radical (unpaired) electrons. The Balaban J connectivity index is 2.25. The molecular weight excluding hydrogens is 376 g/mol. The van der Waals surface area contributed by atoms with E-state index >= 15 is 0 Å². The lowest BCUT2D eigenvalue weighted by Crippen LogP contribution is -1.93. The van der Waals surface area contributed by atoms with Gasteiger partial charge in [0, 0.05) is 18.4 Å². The molecule has 2 aromatic carbocycles. The molecule has 31 heavy (non-hydrogen) atoms. The van der Waals surface area contributed by atoms with E-state index < -0.39 is 0 Å². The largest absolute Gasteiger partial charge is 0.399 e. The SMILES string of the molecule is CCCCCC/C=C/c1cc(N)ccc1-c1ccc(NC)cc1/C=C/CCCCCC. The Morgan fingerprint density at radius 2 is 1.26 bits per heavy atom. The van der Waals surface area contributed by atoms with Crippen LogP contribution in [0.3, 0.4) is 0 Å². The van der Waals surface area contributed by atoms with Crippen molar-refractivity contribution in [3.63, 3.8) is 0 Å². The normalized spacial score (nSPS) is 11.6. The van der Waals surface area contributed by atoms with Gasteiger partial charge in [-0.2, -0.15) is 0 Å². The number of rotatable bonds is 14. The van der Waals surface area contributed by atoms with Gasteiger partial charge in [-0.05, 0) is 72.2 Å². The molecule has 2 nitrogen and oxygen atoms in total. The van der Waals surface area contributed by atoms with Gasteiger partial charge >= 0.3 is 0 Å². The first-order valence-electron chi connectivity index (χ1n) is 12.2. The Morgan fingerprint density at radius 3 is 1.81 bits per heavy atom. The van der Waals surface area contributed by atoms with Crippen LogP contribution in [0.5, 0.6) is 0 Å². The summed E-state index contributed by atoms with van der Waals surface area (Å²) in [6, 6.07) is 12.9. The van der Waals surface area contributed by atoms with Crippen LogP contribution in [0.1, 0.15) is 89.2 Å². The van der Waals surface area contributed by atoms with Crippen LogP contribution in [0.2, 0.25) is 0 Å². The molecule has 0 fully saturated rings. The number of anilines is 2. The summed E-state index contributed by atoms with van der Waals surface area (Å²) in [7, 11) is 1.98. The quantitative estimate of drug-likeness (QED) is 0.237. The molecule has 0 aliphatic rings. The fourth-order valence-electron chi connectivity index (χ4n) is 3.86. The molecule has 0 amide bonds. The second-order valence-corrected chi connectivity index (χ2v) is 8.40. The van der Waals surface area contributed by atoms with Crippen molar-refractivity contribution in [3.8, 4) is 11.1 Å². The zero-order chi connectivity index (χ0) is 22.3. The van der Waals surface area contributed by atoms with Gasteiger partial charge in [0.2, 0.25) is 0 Å². The number of hydrogen-bond acceptors (Lipinski definition) is 2. The first-order valence-corrected chi connectivity index (χ1v) is 12.2. The molecule has 0 spiro atoms. The summed E-state index contributed by atoms with van der Waals surface area (Å²) >= 11 is 0. The molecule has 168 valence electrons. The van der Waals surface area contributed by atoms with Crippen molar-refractivity contribution < 1.29 is 0 Å². The fourth-order valence-corrected chi connectivity index (χ4v) is 3.86. The third-order valence-corrected chi connectivity index (χ3v) is 5.75. The number of benzene rings is 2. The number of allylic oxidation sites excluding steroid dienone is 2. The second-order valence-electron chi connectivity index (χ2n) is 8.40. The molecule has 0 aliphatic heterocycles. The van der Waals surface area contributed by atoms with E-state index in [2.05, 4.69) is 73.8 Å². The number of hydrogen-bond donors (Lipinski definition) is 2. The van der Waals surface area contributed by atoms with Crippen LogP contribution < -0.4 is 11.1 Å². The third kappa shape index (κ3) is 8.65. The van der Waals surface area contributed by atoms with Gasteiger partial charge in [-0.3, -0.25) is 0 Å². The minimum absolute atomic E-state index is 0.814. The topological polar surface area (TPSA) is 38.0 Å². The second kappa shape index (κ2) is 14.5. The predicted molar refractivity (Wildman–Crippen MR) is 141 cm³/mol. The lowest BCUT2D eigenvalue weighted by molar-refractivity contribution is 0.675. The Bertz CT molecular complexity index is 833. The maximum Gasteiger partial charge on any atom is 0.0343 e. The van der Waals surface area contributed by atoms with Gasteiger partial charge in [0.1, 0.15) is 0 Å². The van der Waals surface area contributed by atoms with Crippen LogP contribution >= 0.6 is 0 Å². The zero-order valence-corrected chi connectivity index (χ0v) is 19.9. The van der Waals surface area contributed by atoms with E-state index in [9.17, 15) is 0 Å². The smallest absolute Gasteiger partial charge is 0.0343 e.